The van der Waals surface area contributed by atoms with Crippen molar-refractivity contribution in [3.63, 3.8) is 0 Å². The van der Waals surface area contributed by atoms with Crippen molar-refractivity contribution in [1.82, 2.24) is 4.90 Å². The zero-order valence-corrected chi connectivity index (χ0v) is 10.6. The molecule has 5 nitrogen and oxygen atoms in total. The zero-order chi connectivity index (χ0) is 12.9. The molecule has 1 aliphatic rings. The highest BCUT2D eigenvalue weighted by molar-refractivity contribution is 5.86. The minimum Gasteiger partial charge on any atom is -0.480 e. The van der Waals surface area contributed by atoms with Crippen LogP contribution < -0.4 is 0 Å². The molecule has 1 amide bonds. The van der Waals surface area contributed by atoms with Crippen LogP contribution in [0.4, 0.5) is 0 Å². The van der Waals surface area contributed by atoms with Gasteiger partial charge in [0.05, 0.1) is 5.41 Å². The number of likely N-dealkylation sites (N-methyl/N-ethyl adjacent to an activating group) is 1. The lowest BCUT2D eigenvalue weighted by Gasteiger charge is -2.31. The van der Waals surface area contributed by atoms with E-state index < -0.39 is 5.97 Å². The van der Waals surface area contributed by atoms with Gasteiger partial charge < -0.3 is 14.7 Å². The lowest BCUT2D eigenvalue weighted by Crippen LogP contribution is -2.43. The molecule has 1 N–H and O–H groups in total. The second-order valence-electron chi connectivity index (χ2n) is 4.79. The number of methoxy groups -OCH3 is 1. The molecule has 5 heteroatoms. The van der Waals surface area contributed by atoms with Crippen molar-refractivity contribution in [2.24, 2.45) is 5.41 Å². The maximum atomic E-state index is 12.3. The van der Waals surface area contributed by atoms with Gasteiger partial charge >= 0.3 is 5.97 Å². The standard InChI is InChI=1S/C12H21NO4/c1-13(9-10(14)15)11(16)12(7-8-17-2)5-3-4-6-12/h3-9H2,1-2H3,(H,14,15). The van der Waals surface area contributed by atoms with Crippen molar-refractivity contribution in [3.05, 3.63) is 0 Å². The maximum absolute atomic E-state index is 12.3. The van der Waals surface area contributed by atoms with Gasteiger partial charge in [0.1, 0.15) is 6.54 Å². The van der Waals surface area contributed by atoms with Crippen LogP contribution in [0.5, 0.6) is 0 Å². The van der Waals surface area contributed by atoms with E-state index in [2.05, 4.69) is 0 Å². The summed E-state index contributed by atoms with van der Waals surface area (Å²) in [6.45, 7) is 0.320. The number of amides is 1. The Labute approximate surface area is 102 Å². The number of carbonyl (C=O) groups is 2. The van der Waals surface area contributed by atoms with E-state index in [1.165, 1.54) is 4.90 Å². The van der Waals surface area contributed by atoms with Crippen LogP contribution in [-0.4, -0.2) is 49.2 Å². The minimum absolute atomic E-state index is 0.0468. The largest absolute Gasteiger partial charge is 0.480 e. The number of ether oxygens (including phenoxy) is 1. The maximum Gasteiger partial charge on any atom is 0.323 e. The average Bonchev–Trinajstić information content (AvgIpc) is 2.74. The number of hydrogen-bond acceptors (Lipinski definition) is 3. The summed E-state index contributed by atoms with van der Waals surface area (Å²) in [7, 11) is 3.18. The molecule has 0 aliphatic heterocycles. The summed E-state index contributed by atoms with van der Waals surface area (Å²) in [6, 6.07) is 0. The summed E-state index contributed by atoms with van der Waals surface area (Å²) in [4.78, 5) is 24.3. The SMILES string of the molecule is COCCC1(C(=O)N(C)CC(=O)O)CCCC1. The molecule has 1 fully saturated rings. The average molecular weight is 243 g/mol. The van der Waals surface area contributed by atoms with Gasteiger partial charge in [-0.2, -0.15) is 0 Å². The minimum atomic E-state index is -0.972. The first-order valence-corrected chi connectivity index (χ1v) is 5.98. The molecule has 0 bridgehead atoms. The van der Waals surface area contributed by atoms with Crippen molar-refractivity contribution in [2.75, 3.05) is 27.3 Å². The Morgan fingerprint density at radius 2 is 1.94 bits per heavy atom. The number of carbonyl (C=O) groups excluding carboxylic acids is 1. The van der Waals surface area contributed by atoms with E-state index in [9.17, 15) is 9.59 Å². The molecular weight excluding hydrogens is 222 g/mol. The van der Waals surface area contributed by atoms with Crippen molar-refractivity contribution >= 4 is 11.9 Å². The van der Waals surface area contributed by atoms with Crippen molar-refractivity contribution < 1.29 is 19.4 Å². The Morgan fingerprint density at radius 3 is 2.41 bits per heavy atom. The molecule has 1 rings (SSSR count). The lowest BCUT2D eigenvalue weighted by molar-refractivity contribution is -0.149. The molecule has 0 unspecified atom stereocenters. The van der Waals surface area contributed by atoms with E-state index in [4.69, 9.17) is 9.84 Å². The molecule has 0 aromatic carbocycles. The normalized spacial score (nSPS) is 18.0. The summed E-state index contributed by atoms with van der Waals surface area (Å²) in [5.74, 6) is -1.02. The van der Waals surface area contributed by atoms with Crippen LogP contribution in [0, 0.1) is 5.41 Å². The first kappa shape index (κ1) is 14.0. The Bertz CT molecular complexity index is 284. The van der Waals surface area contributed by atoms with Crippen molar-refractivity contribution in [2.45, 2.75) is 32.1 Å². The molecular formula is C12H21NO4. The zero-order valence-electron chi connectivity index (χ0n) is 10.6. The third-order valence-electron chi connectivity index (χ3n) is 3.52. The molecule has 0 aromatic heterocycles. The number of rotatable bonds is 6. The van der Waals surface area contributed by atoms with Gasteiger partial charge in [-0.05, 0) is 19.3 Å². The van der Waals surface area contributed by atoms with Crippen LogP contribution in [0.2, 0.25) is 0 Å². The molecule has 1 saturated carbocycles. The summed E-state index contributed by atoms with van der Waals surface area (Å²) in [5, 5.41) is 8.72. The van der Waals surface area contributed by atoms with E-state index in [1.807, 2.05) is 0 Å². The summed E-state index contributed by atoms with van der Waals surface area (Å²) in [6.07, 6.45) is 4.46. The Balaban J connectivity index is 2.69. The van der Waals surface area contributed by atoms with Gasteiger partial charge in [0, 0.05) is 20.8 Å². The van der Waals surface area contributed by atoms with Gasteiger partial charge in [-0.3, -0.25) is 9.59 Å². The summed E-state index contributed by atoms with van der Waals surface area (Å²) < 4.78 is 5.05. The van der Waals surface area contributed by atoms with Crippen LogP contribution in [0.15, 0.2) is 0 Å². The molecule has 0 aromatic rings. The van der Waals surface area contributed by atoms with Crippen LogP contribution >= 0.6 is 0 Å². The molecule has 17 heavy (non-hydrogen) atoms. The van der Waals surface area contributed by atoms with Gasteiger partial charge in [0.2, 0.25) is 5.91 Å². The fourth-order valence-electron chi connectivity index (χ4n) is 2.60. The third-order valence-corrected chi connectivity index (χ3v) is 3.52. The van der Waals surface area contributed by atoms with Gasteiger partial charge in [0.15, 0.2) is 0 Å². The predicted octanol–water partition coefficient (Wildman–Crippen LogP) is 1.13. The van der Waals surface area contributed by atoms with Gasteiger partial charge in [-0.25, -0.2) is 0 Å². The lowest BCUT2D eigenvalue weighted by atomic mass is 9.81. The van der Waals surface area contributed by atoms with E-state index in [1.54, 1.807) is 14.2 Å². The van der Waals surface area contributed by atoms with Crippen LogP contribution in [0.1, 0.15) is 32.1 Å². The number of aliphatic carboxylic acids is 1. The smallest absolute Gasteiger partial charge is 0.323 e. The number of carboxylic acid groups (broad SMARTS) is 1. The first-order valence-electron chi connectivity index (χ1n) is 5.98. The Hall–Kier alpha value is -1.10. The second kappa shape index (κ2) is 6.00. The molecule has 0 heterocycles. The van der Waals surface area contributed by atoms with Crippen LogP contribution in [0.25, 0.3) is 0 Å². The molecule has 0 radical (unpaired) electrons. The van der Waals surface area contributed by atoms with E-state index in [0.29, 0.717) is 13.0 Å². The van der Waals surface area contributed by atoms with Crippen molar-refractivity contribution in [1.29, 1.82) is 0 Å². The molecule has 98 valence electrons. The summed E-state index contributed by atoms with van der Waals surface area (Å²) in [5.41, 5.74) is -0.389. The molecule has 0 spiro atoms. The third kappa shape index (κ3) is 3.43. The van der Waals surface area contributed by atoms with Gasteiger partial charge in [0.25, 0.3) is 0 Å². The van der Waals surface area contributed by atoms with E-state index in [-0.39, 0.29) is 17.9 Å². The fourth-order valence-corrected chi connectivity index (χ4v) is 2.60. The van der Waals surface area contributed by atoms with Crippen molar-refractivity contribution in [3.8, 4) is 0 Å². The highest BCUT2D eigenvalue weighted by atomic mass is 16.5. The van der Waals surface area contributed by atoms with Gasteiger partial charge in [-0.1, -0.05) is 12.8 Å². The fraction of sp³-hybridized carbons (Fsp3) is 0.833. The molecule has 1 aliphatic carbocycles. The van der Waals surface area contributed by atoms with E-state index >= 15 is 0 Å². The number of hydrogen-bond donors (Lipinski definition) is 1. The highest BCUT2D eigenvalue weighted by Crippen LogP contribution is 2.42. The topological polar surface area (TPSA) is 66.8 Å². The summed E-state index contributed by atoms with van der Waals surface area (Å²) >= 11 is 0. The second-order valence-corrected chi connectivity index (χ2v) is 4.79. The van der Waals surface area contributed by atoms with Crippen LogP contribution in [0.3, 0.4) is 0 Å². The quantitative estimate of drug-likeness (QED) is 0.759. The highest BCUT2D eigenvalue weighted by Gasteiger charge is 2.42. The Morgan fingerprint density at radius 1 is 1.35 bits per heavy atom. The Kier molecular flexibility index (Phi) is 4.93. The molecule has 0 atom stereocenters. The number of carboxylic acids is 1. The predicted molar refractivity (Wildman–Crippen MR) is 62.7 cm³/mol. The van der Waals surface area contributed by atoms with E-state index in [0.717, 1.165) is 25.7 Å². The first-order chi connectivity index (χ1) is 8.02. The van der Waals surface area contributed by atoms with Crippen LogP contribution in [-0.2, 0) is 14.3 Å². The number of nitrogens with zero attached hydrogens (tertiary/aromatic N) is 1. The van der Waals surface area contributed by atoms with Gasteiger partial charge in [-0.15, -0.1) is 0 Å². The molecule has 0 saturated heterocycles. The monoisotopic (exact) mass is 243 g/mol.